The lowest BCUT2D eigenvalue weighted by Crippen LogP contribution is -2.42. The number of rotatable bonds is 6. The van der Waals surface area contributed by atoms with Crippen molar-refractivity contribution in [3.8, 4) is 0 Å². The van der Waals surface area contributed by atoms with Crippen LogP contribution < -0.4 is 0 Å². The van der Waals surface area contributed by atoms with E-state index in [1.54, 1.807) is 12.1 Å². The Bertz CT molecular complexity index is 711. The predicted molar refractivity (Wildman–Crippen MR) is 112 cm³/mol. The van der Waals surface area contributed by atoms with E-state index in [2.05, 4.69) is 6.92 Å². The number of hydrogen-bond donors (Lipinski definition) is 1. The van der Waals surface area contributed by atoms with Crippen LogP contribution in [0.15, 0.2) is 12.1 Å². The van der Waals surface area contributed by atoms with Crippen LogP contribution in [0.3, 0.4) is 0 Å². The van der Waals surface area contributed by atoms with E-state index in [1.165, 1.54) is 25.7 Å². The minimum atomic E-state index is -1.36. The SMILES string of the molecule is CCCCCC1CCC(c2ccc(C3(O)CCC4(CC3)OCCO4)c(F)c2F)CC1. The van der Waals surface area contributed by atoms with Gasteiger partial charge in [0, 0.05) is 18.4 Å². The lowest BCUT2D eigenvalue weighted by Gasteiger charge is -2.41. The Kier molecular flexibility index (Phi) is 6.81. The van der Waals surface area contributed by atoms with Crippen LogP contribution in [0.1, 0.15) is 101 Å². The van der Waals surface area contributed by atoms with Gasteiger partial charge in [-0.15, -0.1) is 0 Å². The van der Waals surface area contributed by atoms with Gasteiger partial charge in [0.05, 0.1) is 18.8 Å². The van der Waals surface area contributed by atoms with Crippen molar-refractivity contribution in [2.24, 2.45) is 5.92 Å². The van der Waals surface area contributed by atoms with Crippen LogP contribution in [0.25, 0.3) is 0 Å². The van der Waals surface area contributed by atoms with Crippen molar-refractivity contribution in [1.82, 2.24) is 0 Å². The van der Waals surface area contributed by atoms with Crippen LogP contribution in [0, 0.1) is 17.6 Å². The molecule has 0 unspecified atom stereocenters. The van der Waals surface area contributed by atoms with E-state index < -0.39 is 23.0 Å². The van der Waals surface area contributed by atoms with Crippen LogP contribution in [0.2, 0.25) is 0 Å². The Labute approximate surface area is 179 Å². The van der Waals surface area contributed by atoms with Gasteiger partial charge in [-0.1, -0.05) is 44.7 Å². The van der Waals surface area contributed by atoms with Crippen molar-refractivity contribution in [3.05, 3.63) is 34.9 Å². The molecule has 0 atom stereocenters. The number of ether oxygens (including phenoxy) is 2. The van der Waals surface area contributed by atoms with Crippen molar-refractivity contribution in [2.75, 3.05) is 13.2 Å². The molecule has 0 amide bonds. The molecule has 3 aliphatic rings. The first-order chi connectivity index (χ1) is 14.5. The summed E-state index contributed by atoms with van der Waals surface area (Å²) in [4.78, 5) is 0. The molecule has 0 aromatic heterocycles. The van der Waals surface area contributed by atoms with E-state index in [0.717, 1.165) is 31.6 Å². The van der Waals surface area contributed by atoms with Gasteiger partial charge < -0.3 is 14.6 Å². The van der Waals surface area contributed by atoms with Gasteiger partial charge in [0.2, 0.25) is 0 Å². The smallest absolute Gasteiger partial charge is 0.168 e. The fourth-order valence-electron chi connectivity index (χ4n) is 5.78. The van der Waals surface area contributed by atoms with Gasteiger partial charge in [0.25, 0.3) is 0 Å². The molecule has 2 aliphatic carbocycles. The largest absolute Gasteiger partial charge is 0.385 e. The molecule has 2 saturated carbocycles. The van der Waals surface area contributed by atoms with Gasteiger partial charge in [-0.2, -0.15) is 0 Å². The molecule has 1 aromatic rings. The third-order valence-electron chi connectivity index (χ3n) is 7.77. The van der Waals surface area contributed by atoms with E-state index in [-0.39, 0.29) is 11.5 Å². The summed E-state index contributed by atoms with van der Waals surface area (Å²) < 4.78 is 41.6. The molecule has 3 nitrogen and oxygen atoms in total. The third-order valence-corrected chi connectivity index (χ3v) is 7.77. The summed E-state index contributed by atoms with van der Waals surface area (Å²) in [6, 6.07) is 3.34. The first kappa shape index (κ1) is 22.2. The van der Waals surface area contributed by atoms with E-state index in [0.29, 0.717) is 44.5 Å². The number of aliphatic hydroxyl groups is 1. The molecule has 0 bridgehead atoms. The highest BCUT2D eigenvalue weighted by molar-refractivity contribution is 5.33. The molecule has 1 aliphatic heterocycles. The number of halogens is 2. The Morgan fingerprint density at radius 2 is 1.60 bits per heavy atom. The zero-order valence-electron chi connectivity index (χ0n) is 18.2. The zero-order chi connectivity index (χ0) is 21.2. The van der Waals surface area contributed by atoms with Crippen LogP contribution >= 0.6 is 0 Å². The van der Waals surface area contributed by atoms with Crippen LogP contribution in [0.5, 0.6) is 0 Å². The average Bonchev–Trinajstić information content (AvgIpc) is 3.22. The second kappa shape index (κ2) is 9.22. The highest BCUT2D eigenvalue weighted by atomic mass is 19.2. The topological polar surface area (TPSA) is 38.7 Å². The summed E-state index contributed by atoms with van der Waals surface area (Å²) >= 11 is 0. The van der Waals surface area contributed by atoms with Crippen LogP contribution in [0.4, 0.5) is 8.78 Å². The van der Waals surface area contributed by atoms with E-state index in [4.69, 9.17) is 9.47 Å². The number of benzene rings is 1. The summed E-state index contributed by atoms with van der Waals surface area (Å²) in [7, 11) is 0. The molecular formula is C25H36F2O3. The molecule has 1 aromatic carbocycles. The molecule has 5 heteroatoms. The fraction of sp³-hybridized carbons (Fsp3) is 0.760. The maximum absolute atomic E-state index is 15.1. The Balaban J connectivity index is 1.42. The predicted octanol–water partition coefficient (Wildman–Crippen LogP) is 6.32. The first-order valence-corrected chi connectivity index (χ1v) is 11.9. The van der Waals surface area contributed by atoms with Gasteiger partial charge in [0.15, 0.2) is 17.4 Å². The Hall–Kier alpha value is -1.04. The van der Waals surface area contributed by atoms with Gasteiger partial charge >= 0.3 is 0 Å². The standard InChI is InChI=1S/C25H36F2O3/c1-2-3-4-5-18-6-8-19(9-7-18)20-10-11-21(23(27)22(20)26)24(28)12-14-25(15-13-24)29-16-17-30-25/h10-11,18-19,28H,2-9,12-17H2,1H3. The minimum absolute atomic E-state index is 0.0838. The summed E-state index contributed by atoms with van der Waals surface area (Å²) in [6.07, 6.45) is 10.7. The maximum Gasteiger partial charge on any atom is 0.168 e. The molecule has 1 heterocycles. The van der Waals surface area contributed by atoms with Crippen molar-refractivity contribution < 1.29 is 23.4 Å². The second-order valence-electron chi connectivity index (χ2n) is 9.68. The van der Waals surface area contributed by atoms with Crippen LogP contribution in [-0.4, -0.2) is 24.1 Å². The molecule has 4 rings (SSSR count). The fourth-order valence-corrected chi connectivity index (χ4v) is 5.78. The molecular weight excluding hydrogens is 386 g/mol. The zero-order valence-corrected chi connectivity index (χ0v) is 18.2. The van der Waals surface area contributed by atoms with Crippen molar-refractivity contribution in [3.63, 3.8) is 0 Å². The van der Waals surface area contributed by atoms with Gasteiger partial charge in [-0.05, 0) is 55.9 Å². The monoisotopic (exact) mass is 422 g/mol. The molecule has 0 radical (unpaired) electrons. The maximum atomic E-state index is 15.1. The molecule has 1 saturated heterocycles. The highest BCUT2D eigenvalue weighted by Gasteiger charge is 2.47. The van der Waals surface area contributed by atoms with E-state index >= 15 is 8.78 Å². The lowest BCUT2D eigenvalue weighted by atomic mass is 9.74. The Morgan fingerprint density at radius 3 is 2.23 bits per heavy atom. The van der Waals surface area contributed by atoms with Crippen molar-refractivity contribution >= 4 is 0 Å². The van der Waals surface area contributed by atoms with E-state index in [9.17, 15) is 5.11 Å². The Morgan fingerprint density at radius 1 is 0.933 bits per heavy atom. The average molecular weight is 423 g/mol. The summed E-state index contributed by atoms with van der Waals surface area (Å²) in [5, 5.41) is 11.1. The highest BCUT2D eigenvalue weighted by Crippen LogP contribution is 2.47. The van der Waals surface area contributed by atoms with Crippen LogP contribution in [-0.2, 0) is 15.1 Å². The van der Waals surface area contributed by atoms with Gasteiger partial charge in [-0.25, -0.2) is 8.78 Å². The van der Waals surface area contributed by atoms with E-state index in [1.807, 2.05) is 0 Å². The molecule has 1 N–H and O–H groups in total. The molecule has 168 valence electrons. The molecule has 3 fully saturated rings. The summed E-state index contributed by atoms with van der Waals surface area (Å²) in [5.41, 5.74) is -0.785. The quantitative estimate of drug-likeness (QED) is 0.545. The third kappa shape index (κ3) is 4.44. The van der Waals surface area contributed by atoms with Crippen molar-refractivity contribution in [2.45, 2.75) is 101 Å². The summed E-state index contributed by atoms with van der Waals surface area (Å²) in [6.45, 7) is 3.32. The normalized spacial score (nSPS) is 28.1. The lowest BCUT2D eigenvalue weighted by molar-refractivity contribution is -0.204. The van der Waals surface area contributed by atoms with Gasteiger partial charge in [0.1, 0.15) is 0 Å². The first-order valence-electron chi connectivity index (χ1n) is 11.9. The second-order valence-corrected chi connectivity index (χ2v) is 9.68. The minimum Gasteiger partial charge on any atom is -0.385 e. The number of unbranched alkanes of at least 4 members (excludes halogenated alkanes) is 2. The van der Waals surface area contributed by atoms with Crippen molar-refractivity contribution in [1.29, 1.82) is 0 Å². The molecule has 1 spiro atoms. The molecule has 30 heavy (non-hydrogen) atoms. The summed E-state index contributed by atoms with van der Waals surface area (Å²) in [5.74, 6) is -1.46. The van der Waals surface area contributed by atoms with Gasteiger partial charge in [-0.3, -0.25) is 0 Å². The number of hydrogen-bond acceptors (Lipinski definition) is 3.